The quantitative estimate of drug-likeness (QED) is 0.678. The fourth-order valence-corrected chi connectivity index (χ4v) is 3.28. The molecule has 0 fully saturated rings. The first-order valence-corrected chi connectivity index (χ1v) is 8.98. The molecule has 7 heteroatoms. The Balaban J connectivity index is 1.93. The van der Waals surface area contributed by atoms with Gasteiger partial charge in [-0.2, -0.15) is 0 Å². The summed E-state index contributed by atoms with van der Waals surface area (Å²) in [7, 11) is 1.48. The third kappa shape index (κ3) is 3.66. The first-order chi connectivity index (χ1) is 12.8. The predicted molar refractivity (Wildman–Crippen MR) is 105 cm³/mol. The number of benzene rings is 2. The number of imide groups is 1. The molecule has 2 aromatic carbocycles. The number of nitrogens with zero attached hydrogens (tertiary/aromatic N) is 1. The van der Waals surface area contributed by atoms with E-state index in [2.05, 4.69) is 0 Å². The van der Waals surface area contributed by atoms with Crippen molar-refractivity contribution in [2.75, 3.05) is 12.0 Å². The summed E-state index contributed by atoms with van der Waals surface area (Å²) in [4.78, 5) is 26.5. The summed E-state index contributed by atoms with van der Waals surface area (Å²) in [6.07, 6.45) is 0.0312. The van der Waals surface area contributed by atoms with Gasteiger partial charge in [-0.25, -0.2) is 4.90 Å². The number of carbonyl (C=O) groups is 2. The van der Waals surface area contributed by atoms with Gasteiger partial charge in [-0.15, -0.1) is 0 Å². The van der Waals surface area contributed by atoms with Crippen LogP contribution in [0.15, 0.2) is 47.5 Å². The lowest BCUT2D eigenvalue weighted by molar-refractivity contribution is -0.119. The van der Waals surface area contributed by atoms with Crippen molar-refractivity contribution in [1.29, 1.82) is 0 Å². The number of amides is 2. The summed E-state index contributed by atoms with van der Waals surface area (Å²) in [5.74, 6) is 0.00439. The number of methoxy groups -OCH3 is 1. The van der Waals surface area contributed by atoms with Crippen LogP contribution in [0.25, 0.3) is 5.57 Å². The van der Waals surface area contributed by atoms with Crippen LogP contribution >= 0.6 is 23.2 Å². The third-order valence-electron chi connectivity index (χ3n) is 3.94. The summed E-state index contributed by atoms with van der Waals surface area (Å²) in [5.41, 5.74) is 1.00. The van der Waals surface area contributed by atoms with Crippen molar-refractivity contribution in [1.82, 2.24) is 0 Å². The molecular weight excluding hydrogens is 389 g/mol. The topological polar surface area (TPSA) is 55.8 Å². The van der Waals surface area contributed by atoms with E-state index in [1.807, 2.05) is 13.8 Å². The van der Waals surface area contributed by atoms with Gasteiger partial charge in [0.05, 0.1) is 29.5 Å². The molecule has 27 heavy (non-hydrogen) atoms. The van der Waals surface area contributed by atoms with E-state index in [0.29, 0.717) is 22.7 Å². The monoisotopic (exact) mass is 405 g/mol. The van der Waals surface area contributed by atoms with Crippen LogP contribution in [0.5, 0.6) is 11.5 Å². The van der Waals surface area contributed by atoms with Crippen LogP contribution in [0, 0.1) is 0 Å². The molecule has 0 radical (unpaired) electrons. The lowest BCUT2D eigenvalue weighted by Crippen LogP contribution is -2.31. The highest BCUT2D eigenvalue weighted by Crippen LogP contribution is 2.37. The first-order valence-electron chi connectivity index (χ1n) is 8.22. The van der Waals surface area contributed by atoms with Crippen molar-refractivity contribution in [2.24, 2.45) is 0 Å². The molecule has 3 rings (SSSR count). The number of halogens is 2. The van der Waals surface area contributed by atoms with E-state index < -0.39 is 11.8 Å². The number of rotatable bonds is 5. The Morgan fingerprint density at radius 1 is 0.963 bits per heavy atom. The van der Waals surface area contributed by atoms with Crippen LogP contribution in [-0.2, 0) is 9.59 Å². The van der Waals surface area contributed by atoms with Crippen LogP contribution in [0.1, 0.15) is 19.4 Å². The van der Waals surface area contributed by atoms with Gasteiger partial charge in [0.1, 0.15) is 16.5 Å². The van der Waals surface area contributed by atoms with E-state index in [9.17, 15) is 9.59 Å². The highest BCUT2D eigenvalue weighted by molar-refractivity contribution is 6.60. The van der Waals surface area contributed by atoms with Crippen molar-refractivity contribution in [2.45, 2.75) is 20.0 Å². The summed E-state index contributed by atoms with van der Waals surface area (Å²) >= 11 is 12.3. The summed E-state index contributed by atoms with van der Waals surface area (Å²) < 4.78 is 10.7. The Morgan fingerprint density at radius 3 is 2.19 bits per heavy atom. The average molecular weight is 406 g/mol. The highest BCUT2D eigenvalue weighted by Gasteiger charge is 2.39. The van der Waals surface area contributed by atoms with E-state index in [0.717, 1.165) is 4.90 Å². The van der Waals surface area contributed by atoms with Gasteiger partial charge >= 0.3 is 0 Å². The van der Waals surface area contributed by atoms with Gasteiger partial charge in [-0.1, -0.05) is 35.3 Å². The second kappa shape index (κ2) is 7.62. The Hall–Kier alpha value is -2.50. The maximum atomic E-state index is 12.9. The molecule has 0 aliphatic carbocycles. The molecule has 5 nitrogen and oxygen atoms in total. The van der Waals surface area contributed by atoms with Crippen molar-refractivity contribution >= 4 is 46.3 Å². The molecule has 1 heterocycles. The van der Waals surface area contributed by atoms with Crippen LogP contribution < -0.4 is 14.4 Å². The van der Waals surface area contributed by atoms with Crippen molar-refractivity contribution in [3.63, 3.8) is 0 Å². The molecule has 140 valence electrons. The SMILES string of the molecule is COc1ccc(N2C(=O)C(Cl)=C(c3ccc(OC(C)C)cc3)C2=O)cc1Cl. The second-order valence-corrected chi connectivity index (χ2v) is 6.93. The maximum absolute atomic E-state index is 12.9. The number of ether oxygens (including phenoxy) is 2. The smallest absolute Gasteiger partial charge is 0.277 e. The molecule has 2 aromatic rings. The van der Waals surface area contributed by atoms with Gasteiger partial charge in [0, 0.05) is 0 Å². The van der Waals surface area contributed by atoms with Gasteiger partial charge in [0.2, 0.25) is 0 Å². The van der Waals surface area contributed by atoms with E-state index >= 15 is 0 Å². The zero-order chi connectivity index (χ0) is 19.7. The predicted octanol–water partition coefficient (Wildman–Crippen LogP) is 4.66. The van der Waals surface area contributed by atoms with Crippen LogP contribution in [-0.4, -0.2) is 25.0 Å². The summed E-state index contributed by atoms with van der Waals surface area (Å²) in [6.45, 7) is 3.84. The summed E-state index contributed by atoms with van der Waals surface area (Å²) in [6, 6.07) is 11.5. The maximum Gasteiger partial charge on any atom is 0.277 e. The van der Waals surface area contributed by atoms with Crippen molar-refractivity contribution < 1.29 is 19.1 Å². The lowest BCUT2D eigenvalue weighted by atomic mass is 10.1. The molecule has 0 atom stereocenters. The normalized spacial score (nSPS) is 14.4. The number of carbonyl (C=O) groups excluding carboxylic acids is 2. The van der Waals surface area contributed by atoms with E-state index in [-0.39, 0.29) is 21.7 Å². The third-order valence-corrected chi connectivity index (χ3v) is 4.58. The molecular formula is C20H17Cl2NO4. The van der Waals surface area contributed by atoms with Gasteiger partial charge in [0.15, 0.2) is 0 Å². The molecule has 1 aliphatic heterocycles. The van der Waals surface area contributed by atoms with E-state index in [1.165, 1.54) is 13.2 Å². The van der Waals surface area contributed by atoms with E-state index in [1.54, 1.807) is 36.4 Å². The van der Waals surface area contributed by atoms with Gasteiger partial charge < -0.3 is 9.47 Å². The summed E-state index contributed by atoms with van der Waals surface area (Å²) in [5, 5.41) is 0.153. The Morgan fingerprint density at radius 2 is 1.63 bits per heavy atom. The van der Waals surface area contributed by atoms with Crippen LogP contribution in [0.4, 0.5) is 5.69 Å². The Bertz CT molecular complexity index is 935. The second-order valence-electron chi connectivity index (χ2n) is 6.14. The largest absolute Gasteiger partial charge is 0.495 e. The number of hydrogen-bond donors (Lipinski definition) is 0. The molecule has 0 aromatic heterocycles. The fraction of sp³-hybridized carbons (Fsp3) is 0.200. The molecule has 2 amide bonds. The minimum Gasteiger partial charge on any atom is -0.495 e. The number of anilines is 1. The molecule has 0 saturated carbocycles. The Labute approximate surface area is 167 Å². The lowest BCUT2D eigenvalue weighted by Gasteiger charge is -2.16. The molecule has 0 N–H and O–H groups in total. The van der Waals surface area contributed by atoms with Gasteiger partial charge in [0.25, 0.3) is 11.8 Å². The first kappa shape index (κ1) is 19.3. The van der Waals surface area contributed by atoms with Gasteiger partial charge in [-0.05, 0) is 49.7 Å². The van der Waals surface area contributed by atoms with Gasteiger partial charge in [-0.3, -0.25) is 9.59 Å². The highest BCUT2D eigenvalue weighted by atomic mass is 35.5. The minimum atomic E-state index is -0.597. The standard InChI is InChI=1S/C20H17Cl2NO4/c1-11(2)27-14-7-4-12(5-8-14)17-18(22)20(25)23(19(17)24)13-6-9-16(26-3)15(21)10-13/h4-11H,1-3H3. The molecule has 0 unspecified atom stereocenters. The average Bonchev–Trinajstić information content (AvgIpc) is 2.84. The van der Waals surface area contributed by atoms with Crippen LogP contribution in [0.2, 0.25) is 5.02 Å². The van der Waals surface area contributed by atoms with Crippen molar-refractivity contribution in [3.05, 3.63) is 58.1 Å². The minimum absolute atomic E-state index is 0.0312. The van der Waals surface area contributed by atoms with Crippen molar-refractivity contribution in [3.8, 4) is 11.5 Å². The van der Waals surface area contributed by atoms with Crippen LogP contribution in [0.3, 0.4) is 0 Å². The molecule has 1 aliphatic rings. The molecule has 0 spiro atoms. The Kier molecular flexibility index (Phi) is 5.44. The van der Waals surface area contributed by atoms with E-state index in [4.69, 9.17) is 32.7 Å². The zero-order valence-corrected chi connectivity index (χ0v) is 16.5. The zero-order valence-electron chi connectivity index (χ0n) is 15.0. The molecule has 0 saturated heterocycles. The fourth-order valence-electron chi connectivity index (χ4n) is 2.75. The molecule has 0 bridgehead atoms. The number of hydrogen-bond acceptors (Lipinski definition) is 4.